The van der Waals surface area contributed by atoms with Crippen LogP contribution in [-0.4, -0.2) is 89.7 Å². The van der Waals surface area contributed by atoms with Crippen molar-refractivity contribution in [3.63, 3.8) is 0 Å². The molecule has 2 saturated heterocycles. The Balaban J connectivity index is 0.000000290. The van der Waals surface area contributed by atoms with Crippen LogP contribution in [-0.2, 0) is 27.1 Å². The maximum Gasteiger partial charge on any atom is 0.379 e. The molecule has 268 valence electrons. The Morgan fingerprint density at radius 1 is 0.940 bits per heavy atom. The number of carbonyl (C=O) groups is 2. The zero-order chi connectivity index (χ0) is 37.3. The third-order valence-electron chi connectivity index (χ3n) is 8.84. The number of aliphatic hydroxyl groups excluding tert-OH is 1. The van der Waals surface area contributed by atoms with Gasteiger partial charge in [-0.25, -0.2) is 0 Å². The van der Waals surface area contributed by atoms with E-state index in [1.54, 1.807) is 25.5 Å². The fourth-order valence-electron chi connectivity index (χ4n) is 6.10. The van der Waals surface area contributed by atoms with Gasteiger partial charge in [-0.2, -0.15) is 0 Å². The van der Waals surface area contributed by atoms with E-state index < -0.39 is 36.5 Å². The van der Waals surface area contributed by atoms with Gasteiger partial charge >= 0.3 is 7.05 Å². The second-order valence-electron chi connectivity index (χ2n) is 13.7. The Hall–Kier alpha value is -3.37. The normalized spacial score (nSPS) is 19.4. The van der Waals surface area contributed by atoms with E-state index in [1.165, 1.54) is 61.0 Å². The summed E-state index contributed by atoms with van der Waals surface area (Å²) >= 11 is 0. The Morgan fingerprint density at radius 2 is 1.44 bits per heavy atom. The molecular formula is C40H56B2N2O6. The van der Waals surface area contributed by atoms with Crippen LogP contribution in [0.4, 0.5) is 4.79 Å². The molecule has 2 radical (unpaired) electrons. The van der Waals surface area contributed by atoms with Gasteiger partial charge in [0.05, 0.1) is 25.3 Å². The second-order valence-corrected chi connectivity index (χ2v) is 13.7. The maximum absolute atomic E-state index is 11.7. The van der Waals surface area contributed by atoms with Crippen LogP contribution in [0.5, 0.6) is 0 Å². The molecule has 0 saturated carbocycles. The van der Waals surface area contributed by atoms with Crippen LogP contribution in [0.2, 0.25) is 6.82 Å². The molecule has 8 nitrogen and oxygen atoms in total. The minimum Gasteiger partial charge on any atom is -0.437 e. The molecule has 0 aromatic heterocycles. The highest BCUT2D eigenvalue weighted by atomic mass is 16.5. The van der Waals surface area contributed by atoms with Crippen molar-refractivity contribution in [2.24, 2.45) is 0 Å². The highest BCUT2D eigenvalue weighted by Gasteiger charge is 2.45. The van der Waals surface area contributed by atoms with Crippen LogP contribution < -0.4 is 0 Å². The van der Waals surface area contributed by atoms with Gasteiger partial charge in [-0.05, 0) is 95.6 Å². The summed E-state index contributed by atoms with van der Waals surface area (Å²) in [7, 11) is 4.77. The second kappa shape index (κ2) is 21.1. The van der Waals surface area contributed by atoms with E-state index in [9.17, 15) is 19.7 Å². The van der Waals surface area contributed by atoms with Gasteiger partial charge in [0.25, 0.3) is 0 Å². The smallest absolute Gasteiger partial charge is 0.379 e. The number of aliphatic hydroxyl groups is 1. The lowest BCUT2D eigenvalue weighted by Crippen LogP contribution is -2.52. The first-order valence-electron chi connectivity index (χ1n) is 17.8. The molecule has 2 aromatic rings. The molecule has 2 fully saturated rings. The minimum absolute atomic E-state index is 0.210. The fourth-order valence-corrected chi connectivity index (χ4v) is 6.10. The zero-order valence-electron chi connectivity index (χ0n) is 31.2. The van der Waals surface area contributed by atoms with Crippen molar-refractivity contribution in [3.8, 4) is 24.2 Å². The summed E-state index contributed by atoms with van der Waals surface area (Å²) in [5.74, 6) is 7.78. The summed E-state index contributed by atoms with van der Waals surface area (Å²) in [5, 5.41) is 19.7. The van der Waals surface area contributed by atoms with Gasteiger partial charge in [-0.1, -0.05) is 81.6 Å². The van der Waals surface area contributed by atoms with Gasteiger partial charge in [0, 0.05) is 11.1 Å². The standard InChI is InChI=1S/C20H26BNO3.C13H16.C7H14BNO3/c1-4-5-6-7-15-8-10-16(11-9-15)12-13-18(23)17-14-25-20(2,3)22(17)19(21)24;1-3-5-6-7-13-10-8-12(4-2)9-11-13;1-7(2)9(8(3)11)6(4-10)5-12-7/h8-11,17-18,23H,4-7,14H2,1-3H3;2,8-11H,3,5-7H2,1H3;4,6,11H,5H2,1-3H3/t17?,18-;;/m0../s1. The maximum atomic E-state index is 11.7. The first-order chi connectivity index (χ1) is 23.7. The quantitative estimate of drug-likeness (QED) is 0.130. The van der Waals surface area contributed by atoms with Gasteiger partial charge in [0.2, 0.25) is 7.85 Å². The topological polar surface area (TPSA) is 99.5 Å². The Labute approximate surface area is 302 Å². The van der Waals surface area contributed by atoms with Crippen molar-refractivity contribution < 1.29 is 29.2 Å². The molecule has 0 aliphatic carbocycles. The van der Waals surface area contributed by atoms with Crippen LogP contribution in [0, 0.1) is 24.2 Å². The van der Waals surface area contributed by atoms with E-state index >= 15 is 0 Å². The Kier molecular flexibility index (Phi) is 18.1. The third-order valence-corrected chi connectivity index (χ3v) is 8.84. The van der Waals surface area contributed by atoms with Gasteiger partial charge in [0.15, 0.2) is 5.81 Å². The molecule has 2 aliphatic heterocycles. The lowest BCUT2D eigenvalue weighted by Gasteiger charge is -2.34. The average molecular weight is 683 g/mol. The van der Waals surface area contributed by atoms with Crippen molar-refractivity contribution in [1.82, 2.24) is 9.71 Å². The van der Waals surface area contributed by atoms with Crippen molar-refractivity contribution in [1.29, 1.82) is 0 Å². The van der Waals surface area contributed by atoms with Crippen molar-refractivity contribution in [3.05, 3.63) is 70.8 Å². The molecule has 0 spiro atoms. The number of carbonyl (C=O) groups excluding carboxylic acids is 2. The van der Waals surface area contributed by atoms with Crippen LogP contribution in [0.1, 0.15) is 102 Å². The average Bonchev–Trinajstić information content (AvgIpc) is 3.59. The SMILES string of the molecule is C#Cc1ccc(CCCCC)cc1.CB(O)N1C(C=O)COC1(C)C.[B]C(=O)N1C([C@@H](O)C#Cc2ccc(CCCCC)cc2)COC1(C)C. The molecule has 4 rings (SSSR count). The van der Waals surface area contributed by atoms with Gasteiger partial charge < -0.3 is 29.3 Å². The molecular weight excluding hydrogens is 626 g/mol. The number of rotatable bonds is 11. The molecule has 10 heteroatoms. The van der Waals surface area contributed by atoms with Crippen LogP contribution in [0.15, 0.2) is 48.5 Å². The highest BCUT2D eigenvalue weighted by Crippen LogP contribution is 2.29. The van der Waals surface area contributed by atoms with Crippen LogP contribution >= 0.6 is 0 Å². The molecule has 50 heavy (non-hydrogen) atoms. The lowest BCUT2D eigenvalue weighted by molar-refractivity contribution is -0.111. The number of unbranched alkanes of at least 4 members (excludes halogenated alkanes) is 4. The summed E-state index contributed by atoms with van der Waals surface area (Å²) in [5.41, 5.74) is 3.12. The van der Waals surface area contributed by atoms with E-state index in [0.717, 1.165) is 23.8 Å². The van der Waals surface area contributed by atoms with E-state index in [4.69, 9.17) is 23.7 Å². The number of amides is 1. The monoisotopic (exact) mass is 682 g/mol. The number of ether oxygens (including phenoxy) is 2. The van der Waals surface area contributed by atoms with E-state index in [1.807, 2.05) is 38.1 Å². The number of aryl methyl sites for hydroxylation is 2. The van der Waals surface area contributed by atoms with Crippen molar-refractivity contribution in [2.75, 3.05) is 13.2 Å². The van der Waals surface area contributed by atoms with Gasteiger partial charge in [-0.3, -0.25) is 9.61 Å². The first kappa shape index (κ1) is 42.8. The molecule has 1 amide bonds. The van der Waals surface area contributed by atoms with Gasteiger partial charge in [0.1, 0.15) is 23.8 Å². The van der Waals surface area contributed by atoms with E-state index in [0.29, 0.717) is 6.61 Å². The molecule has 2 aliphatic rings. The zero-order valence-corrected chi connectivity index (χ0v) is 31.2. The Bertz CT molecular complexity index is 1430. The number of hydrogen-bond donors (Lipinski definition) is 2. The number of terminal acetylenes is 1. The summed E-state index contributed by atoms with van der Waals surface area (Å²) < 4.78 is 10.9. The van der Waals surface area contributed by atoms with Gasteiger partial charge in [-0.15, -0.1) is 6.42 Å². The highest BCUT2D eigenvalue weighted by molar-refractivity contribution is 6.57. The number of aldehydes is 1. The van der Waals surface area contributed by atoms with E-state index in [2.05, 4.69) is 55.9 Å². The molecule has 2 unspecified atom stereocenters. The van der Waals surface area contributed by atoms with Crippen molar-refractivity contribution >= 4 is 27.0 Å². The number of benzene rings is 2. The van der Waals surface area contributed by atoms with Crippen LogP contribution in [0.3, 0.4) is 0 Å². The predicted molar refractivity (Wildman–Crippen MR) is 203 cm³/mol. The number of hydrogen-bond acceptors (Lipinski definition) is 7. The summed E-state index contributed by atoms with van der Waals surface area (Å²) in [6.45, 7) is 13.8. The molecule has 3 atom stereocenters. The Morgan fingerprint density at radius 3 is 1.86 bits per heavy atom. The van der Waals surface area contributed by atoms with Crippen molar-refractivity contribution in [2.45, 2.75) is 129 Å². The summed E-state index contributed by atoms with van der Waals surface area (Å²) in [4.78, 5) is 25.2. The third kappa shape index (κ3) is 13.4. The minimum atomic E-state index is -1.02. The van der Waals surface area contributed by atoms with Crippen LogP contribution in [0.25, 0.3) is 0 Å². The number of nitrogens with zero attached hydrogens (tertiary/aromatic N) is 2. The molecule has 2 heterocycles. The predicted octanol–water partition coefficient (Wildman–Crippen LogP) is 5.99. The molecule has 0 bridgehead atoms. The summed E-state index contributed by atoms with van der Waals surface area (Å²) in [6, 6.07) is 15.5. The molecule has 2 aromatic carbocycles. The molecule has 2 N–H and O–H groups in total. The fraction of sp³-hybridized carbons (Fsp3) is 0.550. The summed E-state index contributed by atoms with van der Waals surface area (Å²) in [6.07, 6.45) is 14.8. The first-order valence-corrected chi connectivity index (χ1v) is 17.8. The largest absolute Gasteiger partial charge is 0.437 e. The lowest BCUT2D eigenvalue weighted by atomic mass is 9.81. The van der Waals surface area contributed by atoms with E-state index in [-0.39, 0.29) is 12.6 Å².